The van der Waals surface area contributed by atoms with Crippen LogP contribution < -0.4 is 10.1 Å². The fourth-order valence-electron chi connectivity index (χ4n) is 1.72. The Bertz CT molecular complexity index is 575. The Balaban J connectivity index is 2.05. The number of nitrogens with zero attached hydrogens (tertiary/aromatic N) is 2. The first kappa shape index (κ1) is 14.2. The van der Waals surface area contributed by atoms with Crippen molar-refractivity contribution in [3.63, 3.8) is 0 Å². The molecule has 0 bridgehead atoms. The van der Waals surface area contributed by atoms with E-state index in [4.69, 9.17) is 4.74 Å². The second-order valence-corrected chi connectivity index (χ2v) is 4.46. The number of nitrogens with one attached hydrogen (secondary N) is 1. The first-order valence-electron chi connectivity index (χ1n) is 6.65. The van der Waals surface area contributed by atoms with Gasteiger partial charge < -0.3 is 10.1 Å². The number of benzene rings is 1. The number of aryl methyl sites for hydroxylation is 1. The molecule has 0 spiro atoms. The van der Waals surface area contributed by atoms with Gasteiger partial charge in [-0.25, -0.2) is 9.37 Å². The van der Waals surface area contributed by atoms with Crippen molar-refractivity contribution in [2.45, 2.75) is 26.8 Å². The van der Waals surface area contributed by atoms with Crippen molar-refractivity contribution < 1.29 is 9.13 Å². The second-order valence-electron chi connectivity index (χ2n) is 4.46. The molecule has 0 saturated heterocycles. The Hall–Kier alpha value is -2.17. The van der Waals surface area contributed by atoms with Crippen molar-refractivity contribution in [3.05, 3.63) is 47.4 Å². The van der Waals surface area contributed by atoms with Crippen molar-refractivity contribution in [2.24, 2.45) is 0 Å². The molecule has 2 aromatic rings. The van der Waals surface area contributed by atoms with E-state index in [-0.39, 0.29) is 5.82 Å². The standard InChI is InChI=1S/C15H18FN3O/c1-3-8-20-14-9-11(2)18-15(19-14)17-10-12-6-4-5-7-13(12)16/h4-7,9H,3,8,10H2,1-2H3,(H,17,18,19). The zero-order valence-electron chi connectivity index (χ0n) is 11.7. The fourth-order valence-corrected chi connectivity index (χ4v) is 1.72. The first-order chi connectivity index (χ1) is 9.69. The van der Waals surface area contributed by atoms with Crippen LogP contribution in [0.5, 0.6) is 5.88 Å². The third-order valence-electron chi connectivity index (χ3n) is 2.68. The number of hydrogen-bond donors (Lipinski definition) is 1. The van der Waals surface area contributed by atoms with Gasteiger partial charge in [-0.2, -0.15) is 4.98 Å². The van der Waals surface area contributed by atoms with Crippen LogP contribution in [0.15, 0.2) is 30.3 Å². The maximum absolute atomic E-state index is 13.5. The minimum atomic E-state index is -0.241. The minimum Gasteiger partial charge on any atom is -0.478 e. The molecule has 4 nitrogen and oxygen atoms in total. The van der Waals surface area contributed by atoms with Crippen LogP contribution in [-0.2, 0) is 6.54 Å². The molecule has 5 heteroatoms. The topological polar surface area (TPSA) is 47.0 Å². The Kier molecular flexibility index (Phi) is 4.87. The summed E-state index contributed by atoms with van der Waals surface area (Å²) in [5, 5.41) is 3.02. The maximum Gasteiger partial charge on any atom is 0.226 e. The Morgan fingerprint density at radius 3 is 2.80 bits per heavy atom. The van der Waals surface area contributed by atoms with E-state index in [1.165, 1.54) is 6.07 Å². The molecule has 0 amide bonds. The number of rotatable bonds is 6. The van der Waals surface area contributed by atoms with Crippen LogP contribution in [0.25, 0.3) is 0 Å². The molecule has 1 N–H and O–H groups in total. The van der Waals surface area contributed by atoms with Crippen molar-refractivity contribution in [1.29, 1.82) is 0 Å². The van der Waals surface area contributed by atoms with Gasteiger partial charge in [0.25, 0.3) is 0 Å². The smallest absolute Gasteiger partial charge is 0.226 e. The molecule has 1 aromatic carbocycles. The van der Waals surface area contributed by atoms with E-state index in [0.29, 0.717) is 30.5 Å². The molecule has 0 fully saturated rings. The highest BCUT2D eigenvalue weighted by Crippen LogP contribution is 2.14. The summed E-state index contributed by atoms with van der Waals surface area (Å²) < 4.78 is 19.0. The van der Waals surface area contributed by atoms with Crippen LogP contribution in [0, 0.1) is 12.7 Å². The van der Waals surface area contributed by atoms with Gasteiger partial charge in [-0.05, 0) is 19.4 Å². The van der Waals surface area contributed by atoms with Crippen LogP contribution in [0.1, 0.15) is 24.6 Å². The summed E-state index contributed by atoms with van der Waals surface area (Å²) in [7, 11) is 0. The normalized spacial score (nSPS) is 10.3. The van der Waals surface area contributed by atoms with Gasteiger partial charge >= 0.3 is 0 Å². The highest BCUT2D eigenvalue weighted by Gasteiger charge is 2.05. The summed E-state index contributed by atoms with van der Waals surface area (Å²) in [6.45, 7) is 4.85. The summed E-state index contributed by atoms with van der Waals surface area (Å²) in [6, 6.07) is 8.41. The molecule has 2 rings (SSSR count). The molecule has 106 valence electrons. The Morgan fingerprint density at radius 1 is 1.25 bits per heavy atom. The summed E-state index contributed by atoms with van der Waals surface area (Å²) >= 11 is 0. The van der Waals surface area contributed by atoms with E-state index in [0.717, 1.165) is 12.1 Å². The SMILES string of the molecule is CCCOc1cc(C)nc(NCc2ccccc2F)n1. The van der Waals surface area contributed by atoms with Gasteiger partial charge in [0.2, 0.25) is 11.8 Å². The first-order valence-corrected chi connectivity index (χ1v) is 6.65. The average molecular weight is 275 g/mol. The van der Waals surface area contributed by atoms with Gasteiger partial charge in [0.15, 0.2) is 0 Å². The zero-order chi connectivity index (χ0) is 14.4. The number of aromatic nitrogens is 2. The van der Waals surface area contributed by atoms with Crippen LogP contribution in [0.3, 0.4) is 0 Å². The second kappa shape index (κ2) is 6.84. The molecular weight excluding hydrogens is 257 g/mol. The number of hydrogen-bond acceptors (Lipinski definition) is 4. The summed E-state index contributed by atoms with van der Waals surface area (Å²) in [5.74, 6) is 0.741. The number of halogens is 1. The maximum atomic E-state index is 13.5. The van der Waals surface area contributed by atoms with E-state index in [1.807, 2.05) is 13.8 Å². The Morgan fingerprint density at radius 2 is 2.05 bits per heavy atom. The van der Waals surface area contributed by atoms with Gasteiger partial charge in [0, 0.05) is 23.9 Å². The van der Waals surface area contributed by atoms with Gasteiger partial charge in [0.1, 0.15) is 5.82 Å². The molecule has 0 saturated carbocycles. The van der Waals surface area contributed by atoms with E-state index in [9.17, 15) is 4.39 Å². The third kappa shape index (κ3) is 3.91. The minimum absolute atomic E-state index is 0.241. The van der Waals surface area contributed by atoms with E-state index < -0.39 is 0 Å². The van der Waals surface area contributed by atoms with Crippen molar-refractivity contribution in [1.82, 2.24) is 9.97 Å². The quantitative estimate of drug-likeness (QED) is 0.878. The molecule has 0 aliphatic heterocycles. The largest absolute Gasteiger partial charge is 0.478 e. The molecule has 0 radical (unpaired) electrons. The summed E-state index contributed by atoms with van der Waals surface area (Å²) in [6.07, 6.45) is 0.918. The van der Waals surface area contributed by atoms with Crippen molar-refractivity contribution in [3.8, 4) is 5.88 Å². The highest BCUT2D eigenvalue weighted by molar-refractivity contribution is 5.32. The lowest BCUT2D eigenvalue weighted by molar-refractivity contribution is 0.305. The number of anilines is 1. The van der Waals surface area contributed by atoms with Crippen molar-refractivity contribution in [2.75, 3.05) is 11.9 Å². The monoisotopic (exact) mass is 275 g/mol. The van der Waals surface area contributed by atoms with Crippen LogP contribution in [-0.4, -0.2) is 16.6 Å². The van der Waals surface area contributed by atoms with Crippen LogP contribution in [0.4, 0.5) is 10.3 Å². The van der Waals surface area contributed by atoms with Gasteiger partial charge in [-0.15, -0.1) is 0 Å². The van der Waals surface area contributed by atoms with Crippen molar-refractivity contribution >= 4 is 5.95 Å². The highest BCUT2D eigenvalue weighted by atomic mass is 19.1. The lowest BCUT2D eigenvalue weighted by atomic mass is 10.2. The lowest BCUT2D eigenvalue weighted by Gasteiger charge is -2.09. The van der Waals surface area contributed by atoms with E-state index in [2.05, 4.69) is 15.3 Å². The predicted molar refractivity (Wildman–Crippen MR) is 76.3 cm³/mol. The molecule has 0 unspecified atom stereocenters. The third-order valence-corrected chi connectivity index (χ3v) is 2.68. The summed E-state index contributed by atoms with van der Waals surface area (Å²) in [5.41, 5.74) is 1.38. The van der Waals surface area contributed by atoms with E-state index >= 15 is 0 Å². The van der Waals surface area contributed by atoms with E-state index in [1.54, 1.807) is 24.3 Å². The molecular formula is C15H18FN3O. The molecule has 0 atom stereocenters. The lowest BCUT2D eigenvalue weighted by Crippen LogP contribution is -2.07. The molecule has 1 aromatic heterocycles. The van der Waals surface area contributed by atoms with Gasteiger partial charge in [-0.1, -0.05) is 25.1 Å². The molecule has 0 aliphatic carbocycles. The number of ether oxygens (including phenoxy) is 1. The van der Waals surface area contributed by atoms with Crippen LogP contribution >= 0.6 is 0 Å². The average Bonchev–Trinajstić information content (AvgIpc) is 2.44. The van der Waals surface area contributed by atoms with Gasteiger partial charge in [0.05, 0.1) is 6.61 Å². The zero-order valence-corrected chi connectivity index (χ0v) is 11.7. The predicted octanol–water partition coefficient (Wildman–Crippen LogP) is 3.33. The molecule has 20 heavy (non-hydrogen) atoms. The van der Waals surface area contributed by atoms with Gasteiger partial charge in [-0.3, -0.25) is 0 Å². The summed E-state index contributed by atoms with van der Waals surface area (Å²) in [4.78, 5) is 8.51. The molecule has 0 aliphatic rings. The Labute approximate surface area is 118 Å². The fraction of sp³-hybridized carbons (Fsp3) is 0.333. The van der Waals surface area contributed by atoms with Crippen LogP contribution in [0.2, 0.25) is 0 Å². The molecule has 1 heterocycles.